The van der Waals surface area contributed by atoms with Crippen molar-refractivity contribution in [3.05, 3.63) is 29.6 Å². The number of rotatable bonds is 7. The van der Waals surface area contributed by atoms with Crippen LogP contribution in [0.4, 0.5) is 4.39 Å². The van der Waals surface area contributed by atoms with E-state index in [0.717, 1.165) is 25.2 Å². The molecule has 0 aromatic heterocycles. The van der Waals surface area contributed by atoms with E-state index in [-0.39, 0.29) is 10.5 Å². The molecule has 6 heteroatoms. The molecule has 0 saturated carbocycles. The van der Waals surface area contributed by atoms with Gasteiger partial charge in [0.2, 0.25) is 0 Å². The zero-order valence-electron chi connectivity index (χ0n) is 11.1. The summed E-state index contributed by atoms with van der Waals surface area (Å²) in [5.74, 6) is -1.48. The molecule has 0 amide bonds. The number of aromatic carboxylic acids is 1. The lowest BCUT2D eigenvalue weighted by Gasteiger charge is -2.17. The van der Waals surface area contributed by atoms with Crippen molar-refractivity contribution in [2.24, 2.45) is 0 Å². The minimum absolute atomic E-state index is 0.0351. The van der Waals surface area contributed by atoms with E-state index < -0.39 is 22.6 Å². The normalized spacial score (nSPS) is 12.6. The van der Waals surface area contributed by atoms with Crippen LogP contribution in [0.5, 0.6) is 0 Å². The lowest BCUT2D eigenvalue weighted by atomic mass is 10.2. The fraction of sp³-hybridized carbons (Fsp3) is 0.462. The average molecular weight is 287 g/mol. The molecule has 0 bridgehead atoms. The summed E-state index contributed by atoms with van der Waals surface area (Å²) in [6, 6.07) is 3.37. The average Bonchev–Trinajstić information content (AvgIpc) is 2.39. The number of nitrogens with zero attached hydrogens (tertiary/aromatic N) is 1. The third kappa shape index (κ3) is 4.40. The highest BCUT2D eigenvalue weighted by Gasteiger charge is 2.14. The molecule has 1 aromatic rings. The summed E-state index contributed by atoms with van der Waals surface area (Å²) in [5, 5.41) is 8.85. The number of carbonyl (C=O) groups is 1. The predicted octanol–water partition coefficient (Wildman–Crippen LogP) is 1.97. The van der Waals surface area contributed by atoms with Crippen LogP contribution in [0.1, 0.15) is 24.2 Å². The van der Waals surface area contributed by atoms with Crippen LogP contribution >= 0.6 is 0 Å². The van der Waals surface area contributed by atoms with Gasteiger partial charge in [0, 0.05) is 12.3 Å². The largest absolute Gasteiger partial charge is 0.478 e. The van der Waals surface area contributed by atoms with Crippen LogP contribution < -0.4 is 0 Å². The molecule has 0 aliphatic heterocycles. The van der Waals surface area contributed by atoms with Gasteiger partial charge in [-0.2, -0.15) is 0 Å². The second-order valence-corrected chi connectivity index (χ2v) is 5.57. The van der Waals surface area contributed by atoms with Crippen LogP contribution in [0, 0.1) is 5.82 Å². The van der Waals surface area contributed by atoms with E-state index in [1.807, 2.05) is 13.8 Å². The summed E-state index contributed by atoms with van der Waals surface area (Å²) in [5.41, 5.74) is -0.0485. The number of carboxylic acids is 1. The van der Waals surface area contributed by atoms with Crippen LogP contribution in [-0.4, -0.2) is 45.6 Å². The highest BCUT2D eigenvalue weighted by molar-refractivity contribution is 7.85. The lowest BCUT2D eigenvalue weighted by molar-refractivity contribution is 0.0696. The highest BCUT2D eigenvalue weighted by Crippen LogP contribution is 2.15. The van der Waals surface area contributed by atoms with Crippen molar-refractivity contribution in [2.75, 3.05) is 25.4 Å². The molecule has 0 aliphatic rings. The van der Waals surface area contributed by atoms with Crippen molar-refractivity contribution >= 4 is 16.8 Å². The van der Waals surface area contributed by atoms with Crippen LogP contribution in [0.25, 0.3) is 0 Å². The van der Waals surface area contributed by atoms with Gasteiger partial charge in [-0.05, 0) is 31.3 Å². The SMILES string of the molecule is CCN(CC)CCS(=O)c1cc(C(=O)O)ccc1F. The van der Waals surface area contributed by atoms with Gasteiger partial charge in [-0.3, -0.25) is 4.21 Å². The minimum Gasteiger partial charge on any atom is -0.478 e. The summed E-state index contributed by atoms with van der Waals surface area (Å²) in [4.78, 5) is 12.9. The van der Waals surface area contributed by atoms with Crippen molar-refractivity contribution in [2.45, 2.75) is 18.7 Å². The fourth-order valence-electron chi connectivity index (χ4n) is 1.67. The third-order valence-corrected chi connectivity index (χ3v) is 4.27. The smallest absolute Gasteiger partial charge is 0.335 e. The van der Waals surface area contributed by atoms with E-state index >= 15 is 0 Å². The van der Waals surface area contributed by atoms with E-state index in [2.05, 4.69) is 4.90 Å². The molecule has 1 unspecified atom stereocenters. The van der Waals surface area contributed by atoms with Gasteiger partial charge < -0.3 is 10.0 Å². The van der Waals surface area contributed by atoms with Crippen molar-refractivity contribution in [1.82, 2.24) is 4.90 Å². The van der Waals surface area contributed by atoms with Crippen LogP contribution in [0.15, 0.2) is 23.1 Å². The van der Waals surface area contributed by atoms with Gasteiger partial charge in [-0.25, -0.2) is 9.18 Å². The first-order valence-electron chi connectivity index (χ1n) is 6.13. The van der Waals surface area contributed by atoms with Gasteiger partial charge in [-0.15, -0.1) is 0 Å². The first-order valence-corrected chi connectivity index (χ1v) is 7.45. The van der Waals surface area contributed by atoms with E-state index in [0.29, 0.717) is 12.3 Å². The second kappa shape index (κ2) is 7.35. The Morgan fingerprint density at radius 2 is 2.00 bits per heavy atom. The van der Waals surface area contributed by atoms with Crippen LogP contribution in [0.3, 0.4) is 0 Å². The Kier molecular flexibility index (Phi) is 6.11. The molecular weight excluding hydrogens is 269 g/mol. The van der Waals surface area contributed by atoms with Crippen molar-refractivity contribution in [3.8, 4) is 0 Å². The molecule has 4 nitrogen and oxygen atoms in total. The maximum atomic E-state index is 13.6. The molecule has 0 heterocycles. The van der Waals surface area contributed by atoms with E-state index in [1.165, 1.54) is 6.07 Å². The number of hydrogen-bond donors (Lipinski definition) is 1. The maximum absolute atomic E-state index is 13.6. The topological polar surface area (TPSA) is 57.6 Å². The van der Waals surface area contributed by atoms with Gasteiger partial charge in [0.05, 0.1) is 21.3 Å². The Morgan fingerprint density at radius 1 is 1.37 bits per heavy atom. The quantitative estimate of drug-likeness (QED) is 0.833. The Bertz CT molecular complexity index is 475. The van der Waals surface area contributed by atoms with Gasteiger partial charge in [-0.1, -0.05) is 13.8 Å². The van der Waals surface area contributed by atoms with Crippen molar-refractivity contribution in [1.29, 1.82) is 0 Å². The molecule has 106 valence electrons. The van der Waals surface area contributed by atoms with Gasteiger partial charge in [0.15, 0.2) is 0 Å². The third-order valence-electron chi connectivity index (χ3n) is 2.91. The molecule has 1 rings (SSSR count). The molecule has 1 N–H and O–H groups in total. The van der Waals surface area contributed by atoms with Crippen LogP contribution in [0.2, 0.25) is 0 Å². The number of benzene rings is 1. The van der Waals surface area contributed by atoms with E-state index in [9.17, 15) is 13.4 Å². The Morgan fingerprint density at radius 3 is 2.53 bits per heavy atom. The number of halogens is 1. The molecule has 0 fully saturated rings. The second-order valence-electron chi connectivity index (χ2n) is 4.03. The first-order chi connectivity index (χ1) is 8.99. The van der Waals surface area contributed by atoms with Crippen LogP contribution in [-0.2, 0) is 10.8 Å². The monoisotopic (exact) mass is 287 g/mol. The van der Waals surface area contributed by atoms with Crippen molar-refractivity contribution in [3.63, 3.8) is 0 Å². The summed E-state index contributed by atoms with van der Waals surface area (Å²) in [6.07, 6.45) is 0. The summed E-state index contributed by atoms with van der Waals surface area (Å²) in [6.45, 7) is 6.27. The summed E-state index contributed by atoms with van der Waals surface area (Å²) < 4.78 is 25.6. The van der Waals surface area contributed by atoms with Gasteiger partial charge in [0.1, 0.15) is 5.82 Å². The summed E-state index contributed by atoms with van der Waals surface area (Å²) in [7, 11) is -1.53. The van der Waals surface area contributed by atoms with Gasteiger partial charge in [0.25, 0.3) is 0 Å². The number of hydrogen-bond acceptors (Lipinski definition) is 3. The molecule has 0 saturated heterocycles. The maximum Gasteiger partial charge on any atom is 0.335 e. The Labute approximate surface area is 114 Å². The van der Waals surface area contributed by atoms with E-state index in [1.54, 1.807) is 0 Å². The zero-order chi connectivity index (χ0) is 14.4. The molecule has 0 radical (unpaired) electrons. The van der Waals surface area contributed by atoms with Gasteiger partial charge >= 0.3 is 5.97 Å². The lowest BCUT2D eigenvalue weighted by Crippen LogP contribution is -2.27. The molecule has 1 atom stereocenters. The number of carboxylic acid groups (broad SMARTS) is 1. The highest BCUT2D eigenvalue weighted by atomic mass is 32.2. The molecular formula is C13H18FNO3S. The fourth-order valence-corrected chi connectivity index (χ4v) is 2.86. The molecule has 19 heavy (non-hydrogen) atoms. The van der Waals surface area contributed by atoms with Crippen molar-refractivity contribution < 1.29 is 18.5 Å². The first kappa shape index (κ1) is 15.8. The summed E-state index contributed by atoms with van der Waals surface area (Å²) >= 11 is 0. The minimum atomic E-state index is -1.53. The predicted molar refractivity (Wildman–Crippen MR) is 72.4 cm³/mol. The standard InChI is InChI=1S/C13H18FNO3S/c1-3-15(4-2)7-8-19(18)12-9-10(13(16)17)5-6-11(12)14/h5-6,9H,3-4,7-8H2,1-2H3,(H,16,17). The van der Waals surface area contributed by atoms with E-state index in [4.69, 9.17) is 5.11 Å². The zero-order valence-corrected chi connectivity index (χ0v) is 11.9. The molecule has 0 spiro atoms. The molecule has 1 aromatic carbocycles. The molecule has 0 aliphatic carbocycles. The Balaban J connectivity index is 2.81. The Hall–Kier alpha value is -1.27.